The number of sulfonamides is 1. The zero-order valence-corrected chi connectivity index (χ0v) is 17.3. The van der Waals surface area contributed by atoms with E-state index in [-0.39, 0.29) is 4.90 Å². The van der Waals surface area contributed by atoms with Crippen molar-refractivity contribution in [1.29, 1.82) is 0 Å². The van der Waals surface area contributed by atoms with Gasteiger partial charge in [0.25, 0.3) is 0 Å². The fourth-order valence-electron chi connectivity index (χ4n) is 3.80. The van der Waals surface area contributed by atoms with Crippen LogP contribution in [0.1, 0.15) is 0 Å². The van der Waals surface area contributed by atoms with Gasteiger partial charge in [0.2, 0.25) is 10.0 Å². The number of benzene rings is 1. The van der Waals surface area contributed by atoms with Crippen molar-refractivity contribution in [2.24, 2.45) is 0 Å². The number of piperazine rings is 1. The van der Waals surface area contributed by atoms with E-state index in [1.54, 1.807) is 25.4 Å². The van der Waals surface area contributed by atoms with Crippen molar-refractivity contribution in [3.05, 3.63) is 42.6 Å². The molecule has 2 aliphatic heterocycles. The molecule has 29 heavy (non-hydrogen) atoms. The molecule has 9 heteroatoms. The summed E-state index contributed by atoms with van der Waals surface area (Å²) in [4.78, 5) is 9.02. The first-order valence-electron chi connectivity index (χ1n) is 9.77. The Kier molecular flexibility index (Phi) is 5.89. The van der Waals surface area contributed by atoms with E-state index in [0.29, 0.717) is 45.2 Å². The molecule has 0 bridgehead atoms. The summed E-state index contributed by atoms with van der Waals surface area (Å²) in [5, 5.41) is 0. The van der Waals surface area contributed by atoms with Gasteiger partial charge in [-0.2, -0.15) is 4.31 Å². The van der Waals surface area contributed by atoms with Crippen LogP contribution in [0.2, 0.25) is 0 Å². The summed E-state index contributed by atoms with van der Waals surface area (Å²) >= 11 is 0. The Labute approximate surface area is 171 Å². The van der Waals surface area contributed by atoms with Gasteiger partial charge in [-0.15, -0.1) is 0 Å². The standard InChI is InChI=1S/C20H26N4O4S/c1-27-18-6-3-2-5-17(18)22-9-11-23(12-10-22)20-19(7-4-8-21-20)29(25,26)24-13-15-28-16-14-24/h2-8H,9-16H2,1H3. The first-order chi connectivity index (χ1) is 14.1. The predicted molar refractivity (Wildman–Crippen MR) is 111 cm³/mol. The van der Waals surface area contributed by atoms with Crippen molar-refractivity contribution in [3.63, 3.8) is 0 Å². The van der Waals surface area contributed by atoms with Gasteiger partial charge in [-0.3, -0.25) is 0 Å². The average molecular weight is 419 g/mol. The monoisotopic (exact) mass is 418 g/mol. The van der Waals surface area contributed by atoms with Gasteiger partial charge in [0.1, 0.15) is 16.5 Å². The van der Waals surface area contributed by atoms with E-state index >= 15 is 0 Å². The van der Waals surface area contributed by atoms with Crippen molar-refractivity contribution in [2.75, 3.05) is 69.4 Å². The van der Waals surface area contributed by atoms with E-state index in [1.165, 1.54) is 4.31 Å². The maximum Gasteiger partial charge on any atom is 0.246 e. The number of hydrogen-bond donors (Lipinski definition) is 0. The maximum atomic E-state index is 13.2. The van der Waals surface area contributed by atoms with Crippen LogP contribution in [0.25, 0.3) is 0 Å². The molecular weight excluding hydrogens is 392 g/mol. The van der Waals surface area contributed by atoms with Crippen LogP contribution in [0.3, 0.4) is 0 Å². The van der Waals surface area contributed by atoms with Crippen LogP contribution in [0.5, 0.6) is 5.75 Å². The predicted octanol–water partition coefficient (Wildman–Crippen LogP) is 1.44. The Hall–Kier alpha value is -2.36. The fraction of sp³-hybridized carbons (Fsp3) is 0.450. The Morgan fingerprint density at radius 2 is 1.62 bits per heavy atom. The average Bonchev–Trinajstić information content (AvgIpc) is 2.80. The molecule has 2 aliphatic rings. The lowest BCUT2D eigenvalue weighted by atomic mass is 10.2. The van der Waals surface area contributed by atoms with Gasteiger partial charge >= 0.3 is 0 Å². The molecule has 2 fully saturated rings. The third-order valence-corrected chi connectivity index (χ3v) is 7.26. The lowest BCUT2D eigenvalue weighted by Crippen LogP contribution is -2.48. The van der Waals surface area contributed by atoms with Crippen molar-refractivity contribution in [2.45, 2.75) is 4.90 Å². The summed E-state index contributed by atoms with van der Waals surface area (Å²) in [6, 6.07) is 11.3. The van der Waals surface area contributed by atoms with Crippen molar-refractivity contribution < 1.29 is 17.9 Å². The number of aromatic nitrogens is 1. The molecule has 4 rings (SSSR count). The van der Waals surface area contributed by atoms with Crippen LogP contribution < -0.4 is 14.5 Å². The second kappa shape index (κ2) is 8.56. The van der Waals surface area contributed by atoms with Gasteiger partial charge < -0.3 is 19.3 Å². The molecule has 3 heterocycles. The fourth-order valence-corrected chi connectivity index (χ4v) is 5.37. The number of nitrogens with zero attached hydrogens (tertiary/aromatic N) is 4. The number of morpholine rings is 1. The molecule has 1 aromatic carbocycles. The van der Waals surface area contributed by atoms with Crippen molar-refractivity contribution >= 4 is 21.5 Å². The largest absolute Gasteiger partial charge is 0.495 e. The van der Waals surface area contributed by atoms with Crippen LogP contribution in [-0.2, 0) is 14.8 Å². The molecule has 0 saturated carbocycles. The van der Waals surface area contributed by atoms with Crippen LogP contribution in [0.15, 0.2) is 47.5 Å². The van der Waals surface area contributed by atoms with E-state index in [1.807, 2.05) is 24.3 Å². The number of pyridine rings is 1. The molecule has 8 nitrogen and oxygen atoms in total. The van der Waals surface area contributed by atoms with E-state index < -0.39 is 10.0 Å². The molecule has 0 unspecified atom stereocenters. The molecule has 0 aliphatic carbocycles. The Morgan fingerprint density at radius 3 is 2.34 bits per heavy atom. The molecular formula is C20H26N4O4S. The first-order valence-corrected chi connectivity index (χ1v) is 11.2. The van der Waals surface area contributed by atoms with Gasteiger partial charge in [0, 0.05) is 45.5 Å². The molecule has 1 aromatic heterocycles. The second-order valence-electron chi connectivity index (χ2n) is 6.99. The zero-order valence-electron chi connectivity index (χ0n) is 16.5. The number of para-hydroxylation sites is 2. The van der Waals surface area contributed by atoms with Gasteiger partial charge in [-0.25, -0.2) is 13.4 Å². The topological polar surface area (TPSA) is 75.2 Å². The second-order valence-corrected chi connectivity index (χ2v) is 8.89. The zero-order chi connectivity index (χ0) is 20.3. The van der Waals surface area contributed by atoms with Crippen LogP contribution in [0.4, 0.5) is 11.5 Å². The highest BCUT2D eigenvalue weighted by Gasteiger charge is 2.31. The van der Waals surface area contributed by atoms with Crippen molar-refractivity contribution in [3.8, 4) is 5.75 Å². The minimum absolute atomic E-state index is 0.271. The van der Waals surface area contributed by atoms with Crippen LogP contribution in [-0.4, -0.2) is 77.3 Å². The molecule has 0 amide bonds. The summed E-state index contributed by atoms with van der Waals surface area (Å²) in [5.74, 6) is 1.37. The number of ether oxygens (including phenoxy) is 2. The maximum absolute atomic E-state index is 13.2. The Balaban J connectivity index is 1.54. The summed E-state index contributed by atoms with van der Waals surface area (Å²) in [6.45, 7) is 4.47. The number of rotatable bonds is 5. The van der Waals surface area contributed by atoms with Gasteiger partial charge in [0.05, 0.1) is 26.0 Å². The minimum Gasteiger partial charge on any atom is -0.495 e. The molecule has 0 spiro atoms. The number of anilines is 2. The lowest BCUT2D eigenvalue weighted by molar-refractivity contribution is 0.0730. The number of hydrogen-bond acceptors (Lipinski definition) is 7. The third kappa shape index (κ3) is 4.03. The molecule has 0 atom stereocenters. The third-order valence-electron chi connectivity index (χ3n) is 5.34. The van der Waals surface area contributed by atoms with E-state index in [9.17, 15) is 8.42 Å². The van der Waals surface area contributed by atoms with E-state index in [4.69, 9.17) is 9.47 Å². The first kappa shape index (κ1) is 19.9. The number of methoxy groups -OCH3 is 1. The van der Waals surface area contributed by atoms with Gasteiger partial charge in [0.15, 0.2) is 0 Å². The highest BCUT2D eigenvalue weighted by molar-refractivity contribution is 7.89. The molecule has 0 N–H and O–H groups in total. The summed E-state index contributed by atoms with van der Waals surface area (Å²) in [7, 11) is -1.93. The molecule has 2 aromatic rings. The Morgan fingerprint density at radius 1 is 0.931 bits per heavy atom. The highest BCUT2D eigenvalue weighted by atomic mass is 32.2. The van der Waals surface area contributed by atoms with Crippen molar-refractivity contribution in [1.82, 2.24) is 9.29 Å². The quantitative estimate of drug-likeness (QED) is 0.727. The molecule has 0 radical (unpaired) electrons. The van der Waals surface area contributed by atoms with Crippen LogP contribution >= 0.6 is 0 Å². The smallest absolute Gasteiger partial charge is 0.246 e. The van der Waals surface area contributed by atoms with Gasteiger partial charge in [-0.1, -0.05) is 12.1 Å². The minimum atomic E-state index is -3.60. The van der Waals surface area contributed by atoms with Gasteiger partial charge in [-0.05, 0) is 24.3 Å². The summed E-state index contributed by atoms with van der Waals surface area (Å²) in [6.07, 6.45) is 1.65. The Bertz CT molecular complexity index is 939. The molecule has 156 valence electrons. The SMILES string of the molecule is COc1ccccc1N1CCN(c2ncccc2S(=O)(=O)N2CCOCC2)CC1. The molecule has 2 saturated heterocycles. The summed E-state index contributed by atoms with van der Waals surface area (Å²) < 4.78 is 38.7. The summed E-state index contributed by atoms with van der Waals surface area (Å²) in [5.41, 5.74) is 1.05. The lowest BCUT2D eigenvalue weighted by Gasteiger charge is -2.38. The van der Waals surface area contributed by atoms with E-state index in [2.05, 4.69) is 14.8 Å². The highest BCUT2D eigenvalue weighted by Crippen LogP contribution is 2.31. The van der Waals surface area contributed by atoms with E-state index in [0.717, 1.165) is 24.5 Å². The normalized spacial score (nSPS) is 18.7. The van der Waals surface area contributed by atoms with Crippen LogP contribution in [0, 0.1) is 0 Å².